The van der Waals surface area contributed by atoms with Crippen LogP contribution in [0.1, 0.15) is 37.4 Å². The number of urea groups is 1. The third kappa shape index (κ3) is 3.21. The minimum Gasteiger partial charge on any atom is -0.335 e. The Hall–Kier alpha value is -2.37. The number of carbonyl (C=O) groups is 1. The van der Waals surface area contributed by atoms with Crippen LogP contribution >= 0.6 is 0 Å². The molecule has 6 nitrogen and oxygen atoms in total. The lowest BCUT2D eigenvalue weighted by atomic mass is 9.97. The summed E-state index contributed by atoms with van der Waals surface area (Å²) in [6.45, 7) is 1.54. The van der Waals surface area contributed by atoms with E-state index in [2.05, 4.69) is 20.5 Å². The van der Waals surface area contributed by atoms with Gasteiger partial charge in [-0.15, -0.1) is 0 Å². The highest BCUT2D eigenvalue weighted by atomic mass is 16.2. The highest BCUT2D eigenvalue weighted by Crippen LogP contribution is 2.27. The monoisotopic (exact) mass is 311 g/mol. The van der Waals surface area contributed by atoms with Crippen LogP contribution in [-0.4, -0.2) is 45.2 Å². The van der Waals surface area contributed by atoms with E-state index in [1.54, 1.807) is 0 Å². The largest absolute Gasteiger partial charge is 0.335 e. The van der Waals surface area contributed by atoms with Crippen LogP contribution in [0.2, 0.25) is 0 Å². The summed E-state index contributed by atoms with van der Waals surface area (Å²) < 4.78 is 0. The molecular formula is C17H21N5O. The van der Waals surface area contributed by atoms with Crippen molar-refractivity contribution in [1.82, 2.24) is 25.4 Å². The molecule has 0 bridgehead atoms. The number of piperidine rings is 1. The molecule has 1 aliphatic carbocycles. The molecule has 120 valence electrons. The Labute approximate surface area is 135 Å². The van der Waals surface area contributed by atoms with Crippen molar-refractivity contribution < 1.29 is 4.79 Å². The summed E-state index contributed by atoms with van der Waals surface area (Å²) in [5, 5.41) is 10.5. The van der Waals surface area contributed by atoms with Crippen LogP contribution in [0.15, 0.2) is 30.3 Å². The average molecular weight is 311 g/mol. The van der Waals surface area contributed by atoms with E-state index in [1.165, 1.54) is 0 Å². The fraction of sp³-hybridized carbons (Fsp3) is 0.471. The molecule has 1 atom stereocenters. The number of rotatable bonds is 3. The van der Waals surface area contributed by atoms with Gasteiger partial charge in [0.25, 0.3) is 0 Å². The summed E-state index contributed by atoms with van der Waals surface area (Å²) in [6, 6.07) is 10.4. The summed E-state index contributed by atoms with van der Waals surface area (Å²) in [5.74, 6) is 1.84. The third-order valence-corrected chi connectivity index (χ3v) is 4.53. The summed E-state index contributed by atoms with van der Waals surface area (Å²) in [7, 11) is 0. The minimum atomic E-state index is 0.0694. The molecule has 2 aliphatic rings. The summed E-state index contributed by atoms with van der Waals surface area (Å²) >= 11 is 0. The van der Waals surface area contributed by atoms with Crippen LogP contribution in [-0.2, 0) is 0 Å². The van der Waals surface area contributed by atoms with Gasteiger partial charge in [-0.25, -0.2) is 9.78 Å². The Kier molecular flexibility index (Phi) is 3.73. The number of benzene rings is 1. The minimum absolute atomic E-state index is 0.0694. The molecular weight excluding hydrogens is 290 g/mol. The SMILES string of the molecule is O=C(NC1CC1)N1CCC[C@@H](c2nc(-c3ccccc3)n[nH]2)C1. The van der Waals surface area contributed by atoms with Gasteiger partial charge in [-0.05, 0) is 25.7 Å². The molecule has 23 heavy (non-hydrogen) atoms. The Morgan fingerprint density at radius 1 is 1.22 bits per heavy atom. The number of aromatic nitrogens is 3. The molecule has 6 heteroatoms. The molecule has 1 aromatic carbocycles. The maximum absolute atomic E-state index is 12.2. The predicted molar refractivity (Wildman–Crippen MR) is 86.9 cm³/mol. The number of H-pyrrole nitrogens is 1. The van der Waals surface area contributed by atoms with Gasteiger partial charge in [-0.3, -0.25) is 5.10 Å². The average Bonchev–Trinajstić information content (AvgIpc) is 3.27. The lowest BCUT2D eigenvalue weighted by Crippen LogP contribution is -2.45. The zero-order valence-corrected chi connectivity index (χ0v) is 13.0. The molecule has 4 rings (SSSR count). The number of aromatic amines is 1. The number of hydrogen-bond donors (Lipinski definition) is 2. The van der Waals surface area contributed by atoms with Crippen molar-refractivity contribution in [3.05, 3.63) is 36.2 Å². The molecule has 1 aliphatic heterocycles. The van der Waals surface area contributed by atoms with Crippen molar-refractivity contribution in [3.63, 3.8) is 0 Å². The zero-order valence-electron chi connectivity index (χ0n) is 13.0. The van der Waals surface area contributed by atoms with Gasteiger partial charge in [-0.2, -0.15) is 5.10 Å². The zero-order chi connectivity index (χ0) is 15.6. The molecule has 1 aromatic heterocycles. The maximum atomic E-state index is 12.2. The van der Waals surface area contributed by atoms with E-state index >= 15 is 0 Å². The first-order chi connectivity index (χ1) is 11.3. The Bertz CT molecular complexity index is 679. The maximum Gasteiger partial charge on any atom is 0.317 e. The third-order valence-electron chi connectivity index (χ3n) is 4.53. The van der Waals surface area contributed by atoms with Gasteiger partial charge in [0.1, 0.15) is 5.82 Å². The lowest BCUT2D eigenvalue weighted by molar-refractivity contribution is 0.178. The van der Waals surface area contributed by atoms with Crippen LogP contribution in [0.25, 0.3) is 11.4 Å². The van der Waals surface area contributed by atoms with Crippen molar-refractivity contribution >= 4 is 6.03 Å². The normalized spacial score (nSPS) is 21.2. The number of likely N-dealkylation sites (tertiary alicyclic amines) is 1. The van der Waals surface area contributed by atoms with Gasteiger partial charge >= 0.3 is 6.03 Å². The molecule has 2 amide bonds. The fourth-order valence-electron chi connectivity index (χ4n) is 3.05. The van der Waals surface area contributed by atoms with Crippen LogP contribution in [0.4, 0.5) is 4.79 Å². The molecule has 1 saturated carbocycles. The highest BCUT2D eigenvalue weighted by Gasteiger charge is 2.30. The molecule has 0 radical (unpaired) electrons. The standard InChI is InChI=1S/C17H21N5O/c23-17(18-14-8-9-14)22-10-4-7-13(11-22)16-19-15(20-21-16)12-5-2-1-3-6-12/h1-3,5-6,13-14H,4,7-11H2,(H,18,23)(H,19,20,21)/t13-/m1/s1. The smallest absolute Gasteiger partial charge is 0.317 e. The van der Waals surface area contributed by atoms with Crippen LogP contribution < -0.4 is 5.32 Å². The molecule has 2 aromatic rings. The van der Waals surface area contributed by atoms with Gasteiger partial charge in [0.2, 0.25) is 0 Å². The number of nitrogens with one attached hydrogen (secondary N) is 2. The number of hydrogen-bond acceptors (Lipinski definition) is 3. The first-order valence-electron chi connectivity index (χ1n) is 8.33. The van der Waals surface area contributed by atoms with Crippen molar-refractivity contribution in [2.45, 2.75) is 37.6 Å². The van der Waals surface area contributed by atoms with E-state index in [9.17, 15) is 4.79 Å². The first-order valence-corrected chi connectivity index (χ1v) is 8.33. The van der Waals surface area contributed by atoms with Crippen molar-refractivity contribution in [1.29, 1.82) is 0 Å². The molecule has 2 fully saturated rings. The fourth-order valence-corrected chi connectivity index (χ4v) is 3.05. The van der Waals surface area contributed by atoms with E-state index in [4.69, 9.17) is 0 Å². The van der Waals surface area contributed by atoms with Crippen LogP contribution in [0.3, 0.4) is 0 Å². The van der Waals surface area contributed by atoms with E-state index in [-0.39, 0.29) is 11.9 Å². The second-order valence-corrected chi connectivity index (χ2v) is 6.42. The lowest BCUT2D eigenvalue weighted by Gasteiger charge is -2.31. The second-order valence-electron chi connectivity index (χ2n) is 6.42. The Balaban J connectivity index is 1.45. The molecule has 1 saturated heterocycles. The topological polar surface area (TPSA) is 73.9 Å². The quantitative estimate of drug-likeness (QED) is 0.914. The van der Waals surface area contributed by atoms with Gasteiger partial charge in [0.05, 0.1) is 0 Å². The van der Waals surface area contributed by atoms with E-state index in [1.807, 2.05) is 35.2 Å². The van der Waals surface area contributed by atoms with Gasteiger partial charge in [-0.1, -0.05) is 30.3 Å². The van der Waals surface area contributed by atoms with Crippen LogP contribution in [0.5, 0.6) is 0 Å². The molecule has 2 N–H and O–H groups in total. The summed E-state index contributed by atoms with van der Waals surface area (Å²) in [5.41, 5.74) is 1.01. The van der Waals surface area contributed by atoms with E-state index in [0.717, 1.165) is 49.4 Å². The van der Waals surface area contributed by atoms with Gasteiger partial charge < -0.3 is 10.2 Å². The van der Waals surface area contributed by atoms with Crippen molar-refractivity contribution in [2.24, 2.45) is 0 Å². The van der Waals surface area contributed by atoms with E-state index < -0.39 is 0 Å². The highest BCUT2D eigenvalue weighted by molar-refractivity contribution is 5.75. The van der Waals surface area contributed by atoms with Gasteiger partial charge in [0.15, 0.2) is 5.82 Å². The van der Waals surface area contributed by atoms with Gasteiger partial charge in [0, 0.05) is 30.6 Å². The summed E-state index contributed by atoms with van der Waals surface area (Å²) in [4.78, 5) is 18.8. The number of amides is 2. The van der Waals surface area contributed by atoms with Crippen LogP contribution in [0, 0.1) is 0 Å². The Morgan fingerprint density at radius 3 is 2.83 bits per heavy atom. The first kappa shape index (κ1) is 14.2. The molecule has 2 heterocycles. The second kappa shape index (κ2) is 6.02. The number of nitrogens with zero attached hydrogens (tertiary/aromatic N) is 3. The summed E-state index contributed by atoms with van der Waals surface area (Å²) in [6.07, 6.45) is 4.28. The van der Waals surface area contributed by atoms with Crippen molar-refractivity contribution in [3.8, 4) is 11.4 Å². The van der Waals surface area contributed by atoms with Crippen molar-refractivity contribution in [2.75, 3.05) is 13.1 Å². The molecule has 0 unspecified atom stereocenters. The number of carbonyl (C=O) groups excluding carboxylic acids is 1. The van der Waals surface area contributed by atoms with E-state index in [0.29, 0.717) is 12.6 Å². The molecule has 0 spiro atoms. The predicted octanol–water partition coefficient (Wildman–Crippen LogP) is 2.52. The Morgan fingerprint density at radius 2 is 2.04 bits per heavy atom.